The standard InChI is InChI=1S/C15H15NO3/c16-13-6-12(15(18)9-17)7-14(8-13)19-10-11-4-2-1-3-5-11/h1-8,17H,9-10,16H2. The van der Waals surface area contributed by atoms with Gasteiger partial charge < -0.3 is 15.6 Å². The van der Waals surface area contributed by atoms with Crippen LogP contribution < -0.4 is 10.5 Å². The highest BCUT2D eigenvalue weighted by atomic mass is 16.5. The van der Waals surface area contributed by atoms with Crippen molar-refractivity contribution in [3.63, 3.8) is 0 Å². The lowest BCUT2D eigenvalue weighted by Crippen LogP contribution is -2.06. The van der Waals surface area contributed by atoms with E-state index in [0.717, 1.165) is 5.56 Å². The van der Waals surface area contributed by atoms with E-state index in [1.165, 1.54) is 6.07 Å². The Bertz CT molecular complexity index is 567. The lowest BCUT2D eigenvalue weighted by Gasteiger charge is -2.09. The summed E-state index contributed by atoms with van der Waals surface area (Å²) in [4.78, 5) is 11.4. The molecule has 0 aliphatic carbocycles. The minimum atomic E-state index is -0.540. The van der Waals surface area contributed by atoms with Crippen LogP contribution >= 0.6 is 0 Å². The highest BCUT2D eigenvalue weighted by molar-refractivity contribution is 5.98. The van der Waals surface area contributed by atoms with Gasteiger partial charge >= 0.3 is 0 Å². The van der Waals surface area contributed by atoms with Gasteiger partial charge in [-0.25, -0.2) is 0 Å². The number of rotatable bonds is 5. The van der Waals surface area contributed by atoms with Crippen LogP contribution in [-0.4, -0.2) is 17.5 Å². The number of anilines is 1. The third-order valence-corrected chi connectivity index (χ3v) is 2.64. The zero-order chi connectivity index (χ0) is 13.7. The molecule has 0 atom stereocenters. The van der Waals surface area contributed by atoms with Gasteiger partial charge in [-0.3, -0.25) is 4.79 Å². The molecular formula is C15H15NO3. The number of hydrogen-bond acceptors (Lipinski definition) is 4. The lowest BCUT2D eigenvalue weighted by atomic mass is 10.1. The van der Waals surface area contributed by atoms with Crippen LogP contribution in [0.4, 0.5) is 5.69 Å². The summed E-state index contributed by atoms with van der Waals surface area (Å²) in [5.41, 5.74) is 7.52. The number of nitrogen functional groups attached to an aromatic ring is 1. The number of Topliss-reactive ketones (excluding diaryl/α,β-unsaturated/α-hetero) is 1. The fourth-order valence-electron chi connectivity index (χ4n) is 1.70. The minimum Gasteiger partial charge on any atom is -0.489 e. The minimum absolute atomic E-state index is 0.352. The Kier molecular flexibility index (Phi) is 4.15. The van der Waals surface area contributed by atoms with Crippen molar-refractivity contribution >= 4 is 11.5 Å². The smallest absolute Gasteiger partial charge is 0.188 e. The van der Waals surface area contributed by atoms with Gasteiger partial charge in [0, 0.05) is 17.3 Å². The topological polar surface area (TPSA) is 72.5 Å². The van der Waals surface area contributed by atoms with Crippen molar-refractivity contribution in [1.29, 1.82) is 0 Å². The molecule has 2 rings (SSSR count). The van der Waals surface area contributed by atoms with Crippen LogP contribution in [0.3, 0.4) is 0 Å². The zero-order valence-corrected chi connectivity index (χ0v) is 10.4. The zero-order valence-electron chi connectivity index (χ0n) is 10.4. The van der Waals surface area contributed by atoms with Gasteiger partial charge in [0.15, 0.2) is 5.78 Å². The van der Waals surface area contributed by atoms with E-state index >= 15 is 0 Å². The van der Waals surface area contributed by atoms with E-state index in [1.807, 2.05) is 30.3 Å². The fraction of sp³-hybridized carbons (Fsp3) is 0.133. The first-order valence-corrected chi connectivity index (χ1v) is 5.90. The van der Waals surface area contributed by atoms with Crippen molar-refractivity contribution in [2.24, 2.45) is 0 Å². The van der Waals surface area contributed by atoms with Gasteiger partial charge in [0.25, 0.3) is 0 Å². The van der Waals surface area contributed by atoms with Crippen molar-refractivity contribution < 1.29 is 14.6 Å². The summed E-state index contributed by atoms with van der Waals surface area (Å²) in [6.07, 6.45) is 0. The van der Waals surface area contributed by atoms with Crippen molar-refractivity contribution in [3.8, 4) is 5.75 Å². The Labute approximate surface area is 111 Å². The molecule has 3 N–H and O–H groups in total. The number of hydrogen-bond donors (Lipinski definition) is 2. The SMILES string of the molecule is Nc1cc(OCc2ccccc2)cc(C(=O)CO)c1. The van der Waals surface area contributed by atoms with Gasteiger partial charge in [0.2, 0.25) is 0 Å². The predicted molar refractivity (Wildman–Crippen MR) is 73.0 cm³/mol. The Balaban J connectivity index is 2.12. The molecule has 0 heterocycles. The molecule has 0 saturated heterocycles. The van der Waals surface area contributed by atoms with E-state index in [2.05, 4.69) is 0 Å². The molecule has 19 heavy (non-hydrogen) atoms. The number of nitrogens with two attached hydrogens (primary N) is 1. The molecule has 0 radical (unpaired) electrons. The van der Waals surface area contributed by atoms with E-state index in [9.17, 15) is 4.79 Å². The molecule has 0 aliphatic rings. The summed E-state index contributed by atoms with van der Waals surface area (Å²) in [7, 11) is 0. The number of aliphatic hydroxyl groups is 1. The van der Waals surface area contributed by atoms with Crippen LogP contribution in [0.2, 0.25) is 0 Å². The first kappa shape index (κ1) is 13.1. The van der Waals surface area contributed by atoms with Gasteiger partial charge in [0.05, 0.1) is 0 Å². The Morgan fingerprint density at radius 2 is 1.89 bits per heavy atom. The maximum Gasteiger partial charge on any atom is 0.188 e. The van der Waals surface area contributed by atoms with E-state index in [0.29, 0.717) is 23.6 Å². The Hall–Kier alpha value is -2.33. The van der Waals surface area contributed by atoms with E-state index in [1.54, 1.807) is 12.1 Å². The van der Waals surface area contributed by atoms with Crippen molar-refractivity contribution in [2.45, 2.75) is 6.61 Å². The monoisotopic (exact) mass is 257 g/mol. The number of ether oxygens (including phenoxy) is 1. The summed E-state index contributed by atoms with van der Waals surface area (Å²) in [5.74, 6) is 0.137. The number of aliphatic hydroxyl groups excluding tert-OH is 1. The molecule has 0 saturated carbocycles. The summed E-state index contributed by atoms with van der Waals surface area (Å²) in [5, 5.41) is 8.85. The summed E-state index contributed by atoms with van der Waals surface area (Å²) in [6.45, 7) is -0.140. The number of benzene rings is 2. The van der Waals surface area contributed by atoms with Crippen LogP contribution in [0.1, 0.15) is 15.9 Å². The van der Waals surface area contributed by atoms with Crippen molar-refractivity contribution in [3.05, 3.63) is 59.7 Å². The molecule has 0 unspecified atom stereocenters. The molecular weight excluding hydrogens is 242 g/mol. The van der Waals surface area contributed by atoms with Crippen LogP contribution in [0.25, 0.3) is 0 Å². The largest absolute Gasteiger partial charge is 0.489 e. The van der Waals surface area contributed by atoms with Crippen LogP contribution in [-0.2, 0) is 6.61 Å². The van der Waals surface area contributed by atoms with Gasteiger partial charge in [-0.05, 0) is 17.7 Å². The first-order chi connectivity index (χ1) is 9.19. The molecule has 0 bridgehead atoms. The molecule has 98 valence electrons. The third kappa shape index (κ3) is 3.56. The molecule has 0 spiro atoms. The highest BCUT2D eigenvalue weighted by Gasteiger charge is 2.07. The molecule has 4 nitrogen and oxygen atoms in total. The molecule has 2 aromatic carbocycles. The number of carbonyl (C=O) groups excluding carboxylic acids is 1. The maximum atomic E-state index is 11.4. The van der Waals surface area contributed by atoms with E-state index < -0.39 is 6.61 Å². The van der Waals surface area contributed by atoms with E-state index in [-0.39, 0.29) is 5.78 Å². The fourth-order valence-corrected chi connectivity index (χ4v) is 1.70. The molecule has 4 heteroatoms. The van der Waals surface area contributed by atoms with E-state index in [4.69, 9.17) is 15.6 Å². The molecule has 0 aliphatic heterocycles. The Morgan fingerprint density at radius 1 is 1.16 bits per heavy atom. The molecule has 0 fully saturated rings. The predicted octanol–water partition coefficient (Wildman–Crippen LogP) is 2.02. The van der Waals surface area contributed by atoms with Gasteiger partial charge in [-0.2, -0.15) is 0 Å². The summed E-state index contributed by atoms with van der Waals surface area (Å²) < 4.78 is 5.59. The number of carbonyl (C=O) groups is 1. The second kappa shape index (κ2) is 6.02. The highest BCUT2D eigenvalue weighted by Crippen LogP contribution is 2.20. The van der Waals surface area contributed by atoms with Crippen LogP contribution in [0.5, 0.6) is 5.75 Å². The average Bonchev–Trinajstić information content (AvgIpc) is 2.45. The van der Waals surface area contributed by atoms with Gasteiger partial charge in [-0.1, -0.05) is 30.3 Å². The van der Waals surface area contributed by atoms with Crippen LogP contribution in [0.15, 0.2) is 48.5 Å². The summed E-state index contributed by atoms with van der Waals surface area (Å²) >= 11 is 0. The second-order valence-corrected chi connectivity index (χ2v) is 4.15. The van der Waals surface area contributed by atoms with Crippen molar-refractivity contribution in [1.82, 2.24) is 0 Å². The Morgan fingerprint density at radius 3 is 2.58 bits per heavy atom. The third-order valence-electron chi connectivity index (χ3n) is 2.64. The first-order valence-electron chi connectivity index (χ1n) is 5.90. The summed E-state index contributed by atoms with van der Waals surface area (Å²) in [6, 6.07) is 14.4. The van der Waals surface area contributed by atoms with Gasteiger partial charge in [-0.15, -0.1) is 0 Å². The molecule has 0 aromatic heterocycles. The maximum absolute atomic E-state index is 11.4. The van der Waals surface area contributed by atoms with Crippen LogP contribution in [0, 0.1) is 0 Å². The normalized spacial score (nSPS) is 10.2. The van der Waals surface area contributed by atoms with Gasteiger partial charge in [0.1, 0.15) is 19.0 Å². The second-order valence-electron chi connectivity index (χ2n) is 4.15. The number of ketones is 1. The lowest BCUT2D eigenvalue weighted by molar-refractivity contribution is 0.0903. The quantitative estimate of drug-likeness (QED) is 0.635. The van der Waals surface area contributed by atoms with Crippen molar-refractivity contribution in [2.75, 3.05) is 12.3 Å². The average molecular weight is 257 g/mol. The molecule has 0 amide bonds. The molecule has 2 aromatic rings.